The van der Waals surface area contributed by atoms with Crippen LogP contribution < -0.4 is 15.6 Å². The lowest BCUT2D eigenvalue weighted by Gasteiger charge is -2.11. The Bertz CT molecular complexity index is 903. The lowest BCUT2D eigenvalue weighted by Crippen LogP contribution is -2.16. The van der Waals surface area contributed by atoms with Gasteiger partial charge >= 0.3 is 0 Å². The summed E-state index contributed by atoms with van der Waals surface area (Å²) in [7, 11) is 0. The third-order valence-corrected chi connectivity index (χ3v) is 4.47. The maximum absolute atomic E-state index is 11.7. The molecule has 1 atom stereocenters. The van der Waals surface area contributed by atoms with Crippen molar-refractivity contribution in [3.63, 3.8) is 0 Å². The van der Waals surface area contributed by atoms with E-state index in [9.17, 15) is 4.79 Å². The van der Waals surface area contributed by atoms with Gasteiger partial charge in [-0.05, 0) is 11.6 Å². The van der Waals surface area contributed by atoms with Crippen molar-refractivity contribution < 1.29 is 9.47 Å². The zero-order valence-electron chi connectivity index (χ0n) is 12.7. The van der Waals surface area contributed by atoms with Gasteiger partial charge in [0.2, 0.25) is 16.0 Å². The number of pyridine rings is 1. The van der Waals surface area contributed by atoms with E-state index in [1.807, 2.05) is 12.1 Å². The van der Waals surface area contributed by atoms with Crippen LogP contribution in [0.3, 0.4) is 0 Å². The van der Waals surface area contributed by atoms with E-state index in [1.54, 1.807) is 6.20 Å². The summed E-state index contributed by atoms with van der Waals surface area (Å²) in [6.07, 6.45) is 4.16. The van der Waals surface area contributed by atoms with Gasteiger partial charge in [0, 0.05) is 37.5 Å². The van der Waals surface area contributed by atoms with Gasteiger partial charge in [-0.25, -0.2) is 9.97 Å². The molecular formula is C15H15N5O3S. The zero-order chi connectivity index (χ0) is 16.4. The number of rotatable bonds is 5. The minimum absolute atomic E-state index is 0.0721. The summed E-state index contributed by atoms with van der Waals surface area (Å²) in [5.74, 6) is 0.590. The molecule has 1 fully saturated rings. The van der Waals surface area contributed by atoms with E-state index in [0.29, 0.717) is 29.1 Å². The molecule has 8 nitrogen and oxygen atoms in total. The van der Waals surface area contributed by atoms with Gasteiger partial charge in [-0.15, -0.1) is 5.10 Å². The van der Waals surface area contributed by atoms with Crippen LogP contribution in [0.2, 0.25) is 0 Å². The molecule has 1 unspecified atom stereocenters. The molecule has 4 heterocycles. The van der Waals surface area contributed by atoms with E-state index in [0.717, 1.165) is 18.6 Å². The van der Waals surface area contributed by atoms with Crippen molar-refractivity contribution in [3.8, 4) is 5.88 Å². The molecule has 1 N–H and O–H groups in total. The minimum Gasteiger partial charge on any atom is -0.472 e. The predicted octanol–water partition coefficient (Wildman–Crippen LogP) is 1.33. The van der Waals surface area contributed by atoms with Crippen LogP contribution in [0.1, 0.15) is 12.0 Å². The Balaban J connectivity index is 1.44. The summed E-state index contributed by atoms with van der Waals surface area (Å²) < 4.78 is 12.4. The van der Waals surface area contributed by atoms with Gasteiger partial charge < -0.3 is 14.8 Å². The van der Waals surface area contributed by atoms with Crippen LogP contribution in [-0.2, 0) is 11.3 Å². The first-order valence-corrected chi connectivity index (χ1v) is 8.38. The van der Waals surface area contributed by atoms with Crippen molar-refractivity contribution in [2.24, 2.45) is 0 Å². The fourth-order valence-corrected chi connectivity index (χ4v) is 3.16. The number of ether oxygens (including phenoxy) is 2. The molecule has 0 amide bonds. The van der Waals surface area contributed by atoms with Gasteiger partial charge in [-0.2, -0.15) is 4.52 Å². The number of hydrogen-bond acceptors (Lipinski definition) is 8. The standard InChI is InChI=1S/C15H15N5O3S/c21-13-2-5-17-15-20(13)19-14(24-15)18-8-10-1-4-16-12(7-10)23-11-3-6-22-9-11/h1-2,4-5,7,11H,3,6,8-9H2,(H,18,19). The van der Waals surface area contributed by atoms with Crippen molar-refractivity contribution in [3.05, 3.63) is 46.5 Å². The highest BCUT2D eigenvalue weighted by Gasteiger charge is 2.17. The smallest absolute Gasteiger partial charge is 0.275 e. The number of anilines is 1. The molecule has 3 aromatic heterocycles. The topological polar surface area (TPSA) is 90.6 Å². The Hall–Kier alpha value is -2.52. The summed E-state index contributed by atoms with van der Waals surface area (Å²) in [6, 6.07) is 5.18. The van der Waals surface area contributed by atoms with E-state index >= 15 is 0 Å². The summed E-state index contributed by atoms with van der Waals surface area (Å²) in [5.41, 5.74) is 0.821. The fourth-order valence-electron chi connectivity index (χ4n) is 2.39. The Labute approximate surface area is 141 Å². The van der Waals surface area contributed by atoms with Gasteiger partial charge in [-0.1, -0.05) is 11.3 Å². The number of aromatic nitrogens is 4. The highest BCUT2D eigenvalue weighted by molar-refractivity contribution is 7.20. The molecule has 3 aromatic rings. The second kappa shape index (κ2) is 6.54. The molecule has 0 spiro atoms. The first-order chi connectivity index (χ1) is 11.8. The van der Waals surface area contributed by atoms with E-state index in [1.165, 1.54) is 28.1 Å². The molecule has 0 saturated carbocycles. The van der Waals surface area contributed by atoms with Gasteiger partial charge in [0.1, 0.15) is 6.10 Å². The van der Waals surface area contributed by atoms with Gasteiger partial charge in [0.15, 0.2) is 0 Å². The minimum atomic E-state index is -0.192. The SMILES string of the molecule is O=c1ccnc2sc(NCc3ccnc(OC4CCOC4)c3)nn12. The van der Waals surface area contributed by atoms with Crippen molar-refractivity contribution in [1.29, 1.82) is 0 Å². The van der Waals surface area contributed by atoms with Crippen LogP contribution in [0.25, 0.3) is 4.96 Å². The summed E-state index contributed by atoms with van der Waals surface area (Å²) in [4.78, 5) is 20.6. The van der Waals surface area contributed by atoms with Gasteiger partial charge in [-0.3, -0.25) is 4.79 Å². The third-order valence-electron chi connectivity index (χ3n) is 3.59. The van der Waals surface area contributed by atoms with Crippen LogP contribution in [0.4, 0.5) is 5.13 Å². The number of fused-ring (bicyclic) bond motifs is 1. The maximum atomic E-state index is 11.7. The molecule has 0 aromatic carbocycles. The van der Waals surface area contributed by atoms with Crippen LogP contribution in [-0.4, -0.2) is 38.9 Å². The molecule has 24 heavy (non-hydrogen) atoms. The molecule has 1 saturated heterocycles. The molecule has 0 aliphatic carbocycles. The Morgan fingerprint density at radius 1 is 1.38 bits per heavy atom. The van der Waals surface area contributed by atoms with Gasteiger partial charge in [0.05, 0.1) is 13.2 Å². The van der Waals surface area contributed by atoms with Crippen molar-refractivity contribution >= 4 is 21.4 Å². The maximum Gasteiger partial charge on any atom is 0.275 e. The lowest BCUT2D eigenvalue weighted by molar-refractivity contribution is 0.138. The highest BCUT2D eigenvalue weighted by atomic mass is 32.1. The van der Waals surface area contributed by atoms with Crippen LogP contribution in [0.15, 0.2) is 35.4 Å². The van der Waals surface area contributed by atoms with Crippen LogP contribution in [0, 0.1) is 0 Å². The largest absolute Gasteiger partial charge is 0.472 e. The third kappa shape index (κ3) is 3.22. The second-order valence-electron chi connectivity index (χ2n) is 5.34. The molecule has 0 radical (unpaired) electrons. The average molecular weight is 345 g/mol. The molecule has 1 aliphatic rings. The number of nitrogens with zero attached hydrogens (tertiary/aromatic N) is 4. The zero-order valence-corrected chi connectivity index (χ0v) is 13.5. The Morgan fingerprint density at radius 3 is 3.12 bits per heavy atom. The molecule has 0 bridgehead atoms. The molecule has 9 heteroatoms. The average Bonchev–Trinajstić information content (AvgIpc) is 3.23. The summed E-state index contributed by atoms with van der Waals surface area (Å²) in [5, 5.41) is 8.05. The normalized spacial score (nSPS) is 17.2. The molecule has 1 aliphatic heterocycles. The van der Waals surface area contributed by atoms with E-state index in [2.05, 4.69) is 20.4 Å². The van der Waals surface area contributed by atoms with Crippen LogP contribution in [0.5, 0.6) is 5.88 Å². The summed E-state index contributed by atoms with van der Waals surface area (Å²) in [6.45, 7) is 1.89. The first-order valence-electron chi connectivity index (χ1n) is 7.56. The highest BCUT2D eigenvalue weighted by Crippen LogP contribution is 2.19. The molecular weight excluding hydrogens is 330 g/mol. The van der Waals surface area contributed by atoms with Gasteiger partial charge in [0.25, 0.3) is 5.56 Å². The van der Waals surface area contributed by atoms with Crippen molar-refractivity contribution in [1.82, 2.24) is 19.6 Å². The first kappa shape index (κ1) is 15.0. The predicted molar refractivity (Wildman–Crippen MR) is 88.5 cm³/mol. The quantitative estimate of drug-likeness (QED) is 0.746. The van der Waals surface area contributed by atoms with E-state index in [-0.39, 0.29) is 11.7 Å². The monoisotopic (exact) mass is 345 g/mol. The second-order valence-corrected chi connectivity index (χ2v) is 6.30. The molecule has 4 rings (SSSR count). The lowest BCUT2D eigenvalue weighted by atomic mass is 10.2. The Kier molecular flexibility index (Phi) is 4.09. The van der Waals surface area contributed by atoms with Crippen molar-refractivity contribution in [2.45, 2.75) is 19.1 Å². The molecule has 124 valence electrons. The van der Waals surface area contributed by atoms with E-state index < -0.39 is 0 Å². The Morgan fingerprint density at radius 2 is 2.29 bits per heavy atom. The number of nitrogens with one attached hydrogen (secondary N) is 1. The summed E-state index contributed by atoms with van der Waals surface area (Å²) >= 11 is 1.33. The fraction of sp³-hybridized carbons (Fsp3) is 0.333. The van der Waals surface area contributed by atoms with Crippen molar-refractivity contribution in [2.75, 3.05) is 18.5 Å². The van der Waals surface area contributed by atoms with Crippen LogP contribution >= 0.6 is 11.3 Å². The van der Waals surface area contributed by atoms with E-state index in [4.69, 9.17) is 9.47 Å². The number of hydrogen-bond donors (Lipinski definition) is 1.